The summed E-state index contributed by atoms with van der Waals surface area (Å²) in [5, 5.41) is 3.67. The van der Waals surface area contributed by atoms with E-state index in [2.05, 4.69) is 5.32 Å². The number of aryl methyl sites for hydroxylation is 3. The van der Waals surface area contributed by atoms with E-state index in [1.807, 2.05) is 47.6 Å². The minimum Gasteiger partial charge on any atom is -0.350 e. The summed E-state index contributed by atoms with van der Waals surface area (Å²) in [6.07, 6.45) is 0. The van der Waals surface area contributed by atoms with Crippen molar-refractivity contribution in [3.05, 3.63) is 93.0 Å². The SMILES string of the molecule is Cc1ccc(S(=O)(=O)N(CC(=O)N(Cc2ccc(Cl)cc2Cl)C(C)C(=O)NC(C)(C)C)c2ccc(C)c(C)c2)cc1. The zero-order valence-electron chi connectivity index (χ0n) is 24.5. The molecule has 1 atom stereocenters. The first-order chi connectivity index (χ1) is 19.0. The topological polar surface area (TPSA) is 86.8 Å². The monoisotopic (exact) mass is 617 g/mol. The second-order valence-corrected chi connectivity index (χ2v) is 14.0. The van der Waals surface area contributed by atoms with Crippen molar-refractivity contribution in [2.24, 2.45) is 0 Å². The molecule has 0 aliphatic heterocycles. The standard InChI is InChI=1S/C31H37Cl2N3O4S/c1-20-8-14-27(15-9-20)41(39,40)36(26-13-10-21(2)22(3)16-26)19-29(37)35(23(4)30(38)34-31(5,6)7)18-24-11-12-25(32)17-28(24)33/h8-17,23H,18-19H2,1-7H3,(H,34,38). The number of hydrogen-bond acceptors (Lipinski definition) is 4. The van der Waals surface area contributed by atoms with Crippen LogP contribution in [-0.4, -0.2) is 43.3 Å². The second-order valence-electron chi connectivity index (χ2n) is 11.3. The Morgan fingerprint density at radius 3 is 2.10 bits per heavy atom. The van der Waals surface area contributed by atoms with E-state index in [0.29, 0.717) is 21.3 Å². The third kappa shape index (κ3) is 8.24. The summed E-state index contributed by atoms with van der Waals surface area (Å²) < 4.78 is 29.1. The lowest BCUT2D eigenvalue weighted by Gasteiger charge is -2.33. The van der Waals surface area contributed by atoms with Crippen LogP contribution in [0.3, 0.4) is 0 Å². The number of rotatable bonds is 9. The van der Waals surface area contributed by atoms with E-state index in [9.17, 15) is 18.0 Å². The Bertz CT molecular complexity index is 1530. The Hall–Kier alpha value is -3.07. The average molecular weight is 619 g/mol. The van der Waals surface area contributed by atoms with Crippen LogP contribution in [0.25, 0.3) is 0 Å². The van der Waals surface area contributed by atoms with Crippen molar-refractivity contribution in [3.8, 4) is 0 Å². The number of nitrogens with zero attached hydrogens (tertiary/aromatic N) is 2. The van der Waals surface area contributed by atoms with Gasteiger partial charge in [-0.3, -0.25) is 13.9 Å². The number of hydrogen-bond donors (Lipinski definition) is 1. The van der Waals surface area contributed by atoms with Gasteiger partial charge in [0, 0.05) is 22.1 Å². The van der Waals surface area contributed by atoms with Crippen LogP contribution >= 0.6 is 23.2 Å². The molecule has 0 radical (unpaired) electrons. The quantitative estimate of drug-likeness (QED) is 0.299. The molecule has 3 aromatic rings. The lowest BCUT2D eigenvalue weighted by Crippen LogP contribution is -2.54. The summed E-state index contributed by atoms with van der Waals surface area (Å²) in [7, 11) is -4.15. The molecule has 10 heteroatoms. The summed E-state index contributed by atoms with van der Waals surface area (Å²) in [4.78, 5) is 28.7. The van der Waals surface area contributed by atoms with Crippen LogP contribution in [0.2, 0.25) is 10.0 Å². The first-order valence-corrected chi connectivity index (χ1v) is 15.4. The molecule has 7 nitrogen and oxygen atoms in total. The molecule has 0 aromatic heterocycles. The molecule has 1 unspecified atom stereocenters. The van der Waals surface area contributed by atoms with Gasteiger partial charge in [0.15, 0.2) is 0 Å². The van der Waals surface area contributed by atoms with Crippen LogP contribution in [0, 0.1) is 20.8 Å². The second kappa shape index (κ2) is 12.8. The number of nitrogens with one attached hydrogen (secondary N) is 1. The van der Waals surface area contributed by atoms with Gasteiger partial charge in [0.05, 0.1) is 10.6 Å². The number of amides is 2. The molecule has 0 fully saturated rings. The van der Waals surface area contributed by atoms with Crippen molar-refractivity contribution in [2.45, 2.75) is 71.5 Å². The molecule has 0 saturated carbocycles. The molecule has 3 aromatic carbocycles. The van der Waals surface area contributed by atoms with Gasteiger partial charge >= 0.3 is 0 Å². The molecule has 0 aliphatic carbocycles. The van der Waals surface area contributed by atoms with E-state index in [4.69, 9.17) is 23.2 Å². The van der Waals surface area contributed by atoms with Crippen LogP contribution in [0.5, 0.6) is 0 Å². The highest BCUT2D eigenvalue weighted by atomic mass is 35.5. The summed E-state index contributed by atoms with van der Waals surface area (Å²) in [6, 6.07) is 15.7. The van der Waals surface area contributed by atoms with Gasteiger partial charge in [0.2, 0.25) is 11.8 Å². The third-order valence-electron chi connectivity index (χ3n) is 6.69. The van der Waals surface area contributed by atoms with Crippen LogP contribution in [-0.2, 0) is 26.2 Å². The van der Waals surface area contributed by atoms with Crippen molar-refractivity contribution >= 4 is 50.7 Å². The van der Waals surface area contributed by atoms with Crippen molar-refractivity contribution < 1.29 is 18.0 Å². The number of carbonyl (C=O) groups excluding carboxylic acids is 2. The zero-order chi connectivity index (χ0) is 30.7. The van der Waals surface area contributed by atoms with Crippen LogP contribution in [0.15, 0.2) is 65.6 Å². The fraction of sp³-hybridized carbons (Fsp3) is 0.355. The van der Waals surface area contributed by atoms with Crippen molar-refractivity contribution in [1.29, 1.82) is 0 Å². The lowest BCUT2D eigenvalue weighted by molar-refractivity contribution is -0.140. The largest absolute Gasteiger partial charge is 0.350 e. The third-order valence-corrected chi connectivity index (χ3v) is 9.06. The lowest BCUT2D eigenvalue weighted by atomic mass is 10.1. The number of benzene rings is 3. The molecular formula is C31H37Cl2N3O4S. The van der Waals surface area contributed by atoms with Gasteiger partial charge in [0.1, 0.15) is 12.6 Å². The Balaban J connectivity index is 2.09. The Morgan fingerprint density at radius 2 is 1.54 bits per heavy atom. The summed E-state index contributed by atoms with van der Waals surface area (Å²) >= 11 is 12.5. The first-order valence-electron chi connectivity index (χ1n) is 13.2. The Morgan fingerprint density at radius 1 is 0.902 bits per heavy atom. The molecule has 2 amide bonds. The highest BCUT2D eigenvalue weighted by molar-refractivity contribution is 7.92. The van der Waals surface area contributed by atoms with Gasteiger partial charge in [-0.05, 0) is 102 Å². The van der Waals surface area contributed by atoms with Crippen LogP contribution < -0.4 is 9.62 Å². The summed E-state index contributed by atoms with van der Waals surface area (Å²) in [5.41, 5.74) is 3.14. The number of sulfonamides is 1. The van der Waals surface area contributed by atoms with Crippen molar-refractivity contribution in [2.75, 3.05) is 10.8 Å². The predicted molar refractivity (Wildman–Crippen MR) is 166 cm³/mol. The van der Waals surface area contributed by atoms with E-state index in [0.717, 1.165) is 21.0 Å². The Kier molecular flexibility index (Phi) is 10.2. The smallest absolute Gasteiger partial charge is 0.264 e. The van der Waals surface area contributed by atoms with Gasteiger partial charge in [0.25, 0.3) is 10.0 Å². The maximum absolute atomic E-state index is 14.1. The van der Waals surface area contributed by atoms with Gasteiger partial charge in [-0.25, -0.2) is 8.42 Å². The highest BCUT2D eigenvalue weighted by Gasteiger charge is 2.33. The van der Waals surface area contributed by atoms with E-state index in [-0.39, 0.29) is 17.3 Å². The fourth-order valence-corrected chi connectivity index (χ4v) is 6.01. The summed E-state index contributed by atoms with van der Waals surface area (Å²) in [6.45, 7) is 12.3. The number of anilines is 1. The van der Waals surface area contributed by atoms with Crippen molar-refractivity contribution in [1.82, 2.24) is 10.2 Å². The Labute approximate surface area is 253 Å². The highest BCUT2D eigenvalue weighted by Crippen LogP contribution is 2.28. The van der Waals surface area contributed by atoms with Gasteiger partial charge in [-0.2, -0.15) is 0 Å². The average Bonchev–Trinajstić information content (AvgIpc) is 2.87. The summed E-state index contributed by atoms with van der Waals surface area (Å²) in [5.74, 6) is -0.948. The van der Waals surface area contributed by atoms with Gasteiger partial charge in [-0.15, -0.1) is 0 Å². The number of halogens is 2. The van der Waals surface area contributed by atoms with E-state index >= 15 is 0 Å². The molecule has 3 rings (SSSR count). The van der Waals surface area contributed by atoms with Crippen molar-refractivity contribution in [3.63, 3.8) is 0 Å². The fourth-order valence-electron chi connectivity index (χ4n) is 4.14. The maximum Gasteiger partial charge on any atom is 0.264 e. The van der Waals surface area contributed by atoms with Gasteiger partial charge in [-0.1, -0.05) is 53.0 Å². The predicted octanol–water partition coefficient (Wildman–Crippen LogP) is 6.45. The van der Waals surface area contributed by atoms with Gasteiger partial charge < -0.3 is 10.2 Å². The molecule has 0 saturated heterocycles. The first kappa shape index (κ1) is 32.4. The molecular weight excluding hydrogens is 581 g/mol. The molecule has 0 heterocycles. The molecule has 220 valence electrons. The maximum atomic E-state index is 14.1. The normalized spacial score (nSPS) is 12.5. The minimum atomic E-state index is -4.15. The molecule has 0 aliphatic rings. The van der Waals surface area contributed by atoms with Crippen LogP contribution in [0.4, 0.5) is 5.69 Å². The molecule has 41 heavy (non-hydrogen) atoms. The molecule has 0 bridgehead atoms. The van der Waals surface area contributed by atoms with E-state index < -0.39 is 34.1 Å². The number of carbonyl (C=O) groups is 2. The van der Waals surface area contributed by atoms with E-state index in [1.54, 1.807) is 49.4 Å². The van der Waals surface area contributed by atoms with E-state index in [1.165, 1.54) is 17.0 Å². The molecule has 0 spiro atoms. The van der Waals surface area contributed by atoms with Crippen LogP contribution in [0.1, 0.15) is 49.9 Å². The molecule has 1 N–H and O–H groups in total. The zero-order valence-corrected chi connectivity index (χ0v) is 26.8. The minimum absolute atomic E-state index is 0.0289.